The van der Waals surface area contributed by atoms with Gasteiger partial charge >= 0.3 is 5.97 Å². The number of sulfonamides is 1. The first kappa shape index (κ1) is 14.9. The number of rotatable bonds is 4. The Morgan fingerprint density at radius 1 is 1.50 bits per heavy atom. The molecule has 1 aliphatic rings. The fraction of sp³-hybridized carbons (Fsp3) is 0.455. The Morgan fingerprint density at radius 2 is 2.15 bits per heavy atom. The number of aromatic carboxylic acids is 1. The Hall–Kier alpha value is -1.45. The van der Waals surface area contributed by atoms with E-state index < -0.39 is 27.9 Å². The third-order valence-corrected chi connectivity index (χ3v) is 6.52. The van der Waals surface area contributed by atoms with Crippen molar-refractivity contribution in [1.29, 1.82) is 0 Å². The molecule has 1 aromatic rings. The molecule has 0 spiro atoms. The number of hydrogen-bond acceptors (Lipinski definition) is 5. The predicted molar refractivity (Wildman–Crippen MR) is 72.1 cm³/mol. The summed E-state index contributed by atoms with van der Waals surface area (Å²) in [6, 6.07) is -0.902. The lowest BCUT2D eigenvalue weighted by Crippen LogP contribution is -2.43. The summed E-state index contributed by atoms with van der Waals surface area (Å²) in [5.74, 6) is -2.01. The average molecular weight is 318 g/mol. The molecule has 1 fully saturated rings. The van der Waals surface area contributed by atoms with Crippen molar-refractivity contribution in [3.8, 4) is 0 Å². The van der Waals surface area contributed by atoms with E-state index in [0.29, 0.717) is 18.4 Å². The molecule has 3 N–H and O–H groups in total. The van der Waals surface area contributed by atoms with Crippen LogP contribution in [-0.4, -0.2) is 42.3 Å². The Balaban J connectivity index is 2.53. The van der Waals surface area contributed by atoms with Gasteiger partial charge in [0, 0.05) is 6.54 Å². The fourth-order valence-corrected chi connectivity index (χ4v) is 5.58. The van der Waals surface area contributed by atoms with Gasteiger partial charge in [-0.15, -0.1) is 11.3 Å². The molecule has 1 amide bonds. The van der Waals surface area contributed by atoms with Gasteiger partial charge in [0.05, 0.1) is 0 Å². The number of hydrogen-bond donors (Lipinski definition) is 2. The lowest BCUT2D eigenvalue weighted by Gasteiger charge is -2.22. The van der Waals surface area contributed by atoms with Gasteiger partial charge in [-0.25, -0.2) is 13.2 Å². The number of carbonyl (C=O) groups is 2. The standard InChI is InChI=1S/C11H14N2O5S2/c1-6-5-19-8(11(15)16)9(6)20(17,18)13-4-2-3-7(13)10(12)14/h5,7H,2-4H2,1H3,(H2,12,14)(H,15,16). The third-order valence-electron chi connectivity index (χ3n) is 3.21. The van der Waals surface area contributed by atoms with Crippen LogP contribution in [0.4, 0.5) is 0 Å². The van der Waals surface area contributed by atoms with E-state index in [1.165, 1.54) is 12.3 Å². The largest absolute Gasteiger partial charge is 0.477 e. The van der Waals surface area contributed by atoms with Crippen molar-refractivity contribution in [2.75, 3.05) is 6.54 Å². The number of nitrogens with zero attached hydrogens (tertiary/aromatic N) is 1. The van der Waals surface area contributed by atoms with Crippen molar-refractivity contribution >= 4 is 33.2 Å². The smallest absolute Gasteiger partial charge is 0.347 e. The molecule has 2 heterocycles. The van der Waals surface area contributed by atoms with Crippen LogP contribution in [0.2, 0.25) is 0 Å². The highest BCUT2D eigenvalue weighted by molar-refractivity contribution is 7.89. The molecule has 0 bridgehead atoms. The van der Waals surface area contributed by atoms with E-state index >= 15 is 0 Å². The number of carbonyl (C=O) groups excluding carboxylic acids is 1. The summed E-state index contributed by atoms with van der Waals surface area (Å²) in [5.41, 5.74) is 5.58. The molecule has 1 aliphatic heterocycles. The van der Waals surface area contributed by atoms with Crippen molar-refractivity contribution in [2.45, 2.75) is 30.7 Å². The van der Waals surface area contributed by atoms with Crippen LogP contribution < -0.4 is 5.73 Å². The molecule has 1 unspecified atom stereocenters. The first-order chi connectivity index (χ1) is 9.26. The molecule has 1 aromatic heterocycles. The number of primary amides is 1. The van der Waals surface area contributed by atoms with Gasteiger partial charge in [0.25, 0.3) is 0 Å². The van der Waals surface area contributed by atoms with E-state index in [9.17, 15) is 18.0 Å². The van der Waals surface area contributed by atoms with Crippen molar-refractivity contribution in [3.63, 3.8) is 0 Å². The molecule has 1 atom stereocenters. The Morgan fingerprint density at radius 3 is 2.70 bits per heavy atom. The quantitative estimate of drug-likeness (QED) is 0.832. The fourth-order valence-electron chi connectivity index (χ4n) is 2.33. The Bertz CT molecular complexity index is 664. The van der Waals surface area contributed by atoms with Crippen molar-refractivity contribution < 1.29 is 23.1 Å². The van der Waals surface area contributed by atoms with Crippen molar-refractivity contribution in [3.05, 3.63) is 15.8 Å². The van der Waals surface area contributed by atoms with Gasteiger partial charge in [0.1, 0.15) is 15.8 Å². The van der Waals surface area contributed by atoms with Crippen LogP contribution in [0.15, 0.2) is 10.3 Å². The number of nitrogens with two attached hydrogens (primary N) is 1. The minimum Gasteiger partial charge on any atom is -0.477 e. The predicted octanol–water partition coefficient (Wildman–Crippen LogP) is 0.393. The highest BCUT2D eigenvalue weighted by atomic mass is 32.2. The van der Waals surface area contributed by atoms with Crippen LogP contribution in [0.1, 0.15) is 28.1 Å². The molecule has 2 rings (SSSR count). The van der Waals surface area contributed by atoms with Crippen LogP contribution in [0.25, 0.3) is 0 Å². The summed E-state index contributed by atoms with van der Waals surface area (Å²) in [6.07, 6.45) is 0.887. The van der Waals surface area contributed by atoms with Gasteiger partial charge in [-0.2, -0.15) is 4.31 Å². The molecule has 7 nitrogen and oxygen atoms in total. The highest BCUT2D eigenvalue weighted by Crippen LogP contribution is 2.33. The molecule has 9 heteroatoms. The van der Waals surface area contributed by atoms with Crippen LogP contribution in [0.3, 0.4) is 0 Å². The second-order valence-corrected chi connectivity index (χ2v) is 7.27. The van der Waals surface area contributed by atoms with E-state index in [2.05, 4.69) is 0 Å². The topological polar surface area (TPSA) is 118 Å². The summed E-state index contributed by atoms with van der Waals surface area (Å²) in [4.78, 5) is 22.0. The lowest BCUT2D eigenvalue weighted by molar-refractivity contribution is -0.121. The zero-order valence-corrected chi connectivity index (χ0v) is 12.3. The molecule has 20 heavy (non-hydrogen) atoms. The van der Waals surface area contributed by atoms with Crippen LogP contribution in [0, 0.1) is 6.92 Å². The van der Waals surface area contributed by atoms with E-state index in [-0.39, 0.29) is 16.3 Å². The zero-order valence-electron chi connectivity index (χ0n) is 10.7. The minimum absolute atomic E-state index is 0.171. The second-order valence-electron chi connectivity index (χ2n) is 4.56. The number of thiophene rings is 1. The summed E-state index contributed by atoms with van der Waals surface area (Å²) >= 11 is 0.858. The molecule has 110 valence electrons. The minimum atomic E-state index is -4.03. The summed E-state index contributed by atoms with van der Waals surface area (Å²) in [5, 5.41) is 10.6. The van der Waals surface area contributed by atoms with Gasteiger partial charge in [-0.1, -0.05) is 0 Å². The molecule has 0 saturated carbocycles. The third kappa shape index (κ3) is 2.32. The van der Waals surface area contributed by atoms with Crippen LogP contribution >= 0.6 is 11.3 Å². The van der Waals surface area contributed by atoms with Gasteiger partial charge in [0.15, 0.2) is 0 Å². The van der Waals surface area contributed by atoms with E-state index in [0.717, 1.165) is 15.6 Å². The van der Waals surface area contributed by atoms with E-state index in [4.69, 9.17) is 10.8 Å². The van der Waals surface area contributed by atoms with Crippen LogP contribution in [0.5, 0.6) is 0 Å². The first-order valence-corrected chi connectivity index (χ1v) is 8.21. The number of amides is 1. The molecular weight excluding hydrogens is 304 g/mol. The summed E-state index contributed by atoms with van der Waals surface area (Å²) < 4.78 is 26.2. The highest BCUT2D eigenvalue weighted by Gasteiger charge is 2.41. The molecule has 0 aliphatic carbocycles. The van der Waals surface area contributed by atoms with Crippen LogP contribution in [-0.2, 0) is 14.8 Å². The lowest BCUT2D eigenvalue weighted by atomic mass is 10.2. The normalized spacial score (nSPS) is 20.1. The SMILES string of the molecule is Cc1csc(C(=O)O)c1S(=O)(=O)N1CCCC1C(N)=O. The van der Waals surface area contributed by atoms with Gasteiger partial charge in [0.2, 0.25) is 15.9 Å². The zero-order chi connectivity index (χ0) is 15.1. The Kier molecular flexibility index (Phi) is 3.85. The maximum atomic E-state index is 12.6. The molecule has 0 aromatic carbocycles. The summed E-state index contributed by atoms with van der Waals surface area (Å²) in [7, 11) is -4.03. The monoisotopic (exact) mass is 318 g/mol. The number of carboxylic acids is 1. The van der Waals surface area contributed by atoms with Crippen molar-refractivity contribution in [1.82, 2.24) is 4.31 Å². The number of carboxylic acid groups (broad SMARTS) is 1. The first-order valence-electron chi connectivity index (χ1n) is 5.89. The van der Waals surface area contributed by atoms with E-state index in [1.54, 1.807) is 0 Å². The molecular formula is C11H14N2O5S2. The molecule has 0 radical (unpaired) electrons. The van der Waals surface area contributed by atoms with Crippen molar-refractivity contribution in [2.24, 2.45) is 5.73 Å². The van der Waals surface area contributed by atoms with Gasteiger partial charge in [-0.05, 0) is 30.7 Å². The summed E-state index contributed by atoms with van der Waals surface area (Å²) in [6.45, 7) is 1.70. The maximum absolute atomic E-state index is 12.6. The Labute approximate surface area is 120 Å². The van der Waals surface area contributed by atoms with Gasteiger partial charge in [-0.3, -0.25) is 4.79 Å². The maximum Gasteiger partial charge on any atom is 0.347 e. The second kappa shape index (κ2) is 5.15. The van der Waals surface area contributed by atoms with E-state index in [1.807, 2.05) is 0 Å². The average Bonchev–Trinajstić information content (AvgIpc) is 2.94. The van der Waals surface area contributed by atoms with Gasteiger partial charge < -0.3 is 10.8 Å². The molecule has 1 saturated heterocycles. The number of aryl methyl sites for hydroxylation is 1.